The van der Waals surface area contributed by atoms with Crippen LogP contribution in [0.4, 0.5) is 0 Å². The first-order valence-electron chi connectivity index (χ1n) is 7.28. The summed E-state index contributed by atoms with van der Waals surface area (Å²) in [6.45, 7) is 6.57. The van der Waals surface area contributed by atoms with Crippen molar-refractivity contribution in [3.8, 4) is 0 Å². The number of hydrogen-bond donors (Lipinski definition) is 2. The van der Waals surface area contributed by atoms with Gasteiger partial charge in [0.15, 0.2) is 0 Å². The lowest BCUT2D eigenvalue weighted by Crippen LogP contribution is -2.21. The number of benzene rings is 1. The van der Waals surface area contributed by atoms with Crippen LogP contribution in [-0.2, 0) is 11.2 Å². The Labute approximate surface area is 117 Å². The van der Waals surface area contributed by atoms with Crippen molar-refractivity contribution in [2.45, 2.75) is 39.2 Å². The normalized spacial score (nSPS) is 12.6. The maximum atomic E-state index is 8.58. The molecule has 0 bridgehead atoms. The van der Waals surface area contributed by atoms with Gasteiger partial charge in [0.2, 0.25) is 0 Å². The molecule has 0 aliphatic rings. The first-order chi connectivity index (χ1) is 9.27. The molecule has 1 atom stereocenters. The molecule has 1 aromatic carbocycles. The molecule has 2 N–H and O–H groups in total. The molecule has 1 rings (SSSR count). The molecule has 3 heteroatoms. The molecule has 0 aliphatic carbocycles. The van der Waals surface area contributed by atoms with Gasteiger partial charge >= 0.3 is 0 Å². The van der Waals surface area contributed by atoms with Gasteiger partial charge in [0.05, 0.1) is 13.2 Å². The Bertz CT molecular complexity index is 324. The molecular weight excluding hydrogens is 238 g/mol. The summed E-state index contributed by atoms with van der Waals surface area (Å²) in [4.78, 5) is 0. The molecule has 0 aliphatic heterocycles. The Kier molecular flexibility index (Phi) is 8.47. The van der Waals surface area contributed by atoms with Crippen LogP contribution >= 0.6 is 0 Å². The smallest absolute Gasteiger partial charge is 0.0697 e. The average Bonchev–Trinajstić information content (AvgIpc) is 2.43. The number of ether oxygens (including phenoxy) is 1. The van der Waals surface area contributed by atoms with Crippen LogP contribution in [0.1, 0.15) is 43.9 Å². The van der Waals surface area contributed by atoms with Gasteiger partial charge in [-0.1, -0.05) is 37.6 Å². The Balaban J connectivity index is 2.23. The van der Waals surface area contributed by atoms with Crippen molar-refractivity contribution in [2.24, 2.45) is 0 Å². The summed E-state index contributed by atoms with van der Waals surface area (Å²) in [7, 11) is 0. The highest BCUT2D eigenvalue weighted by Crippen LogP contribution is 2.14. The highest BCUT2D eigenvalue weighted by Gasteiger charge is 2.04. The van der Waals surface area contributed by atoms with E-state index < -0.39 is 0 Å². The van der Waals surface area contributed by atoms with E-state index in [2.05, 4.69) is 43.4 Å². The minimum absolute atomic E-state index is 0.105. The Morgan fingerprint density at radius 3 is 2.58 bits per heavy atom. The quantitative estimate of drug-likeness (QED) is 0.639. The van der Waals surface area contributed by atoms with Gasteiger partial charge in [-0.3, -0.25) is 0 Å². The van der Waals surface area contributed by atoms with E-state index in [9.17, 15) is 0 Å². The van der Waals surface area contributed by atoms with Gasteiger partial charge in [-0.15, -0.1) is 0 Å². The van der Waals surface area contributed by atoms with Crippen LogP contribution in [0.15, 0.2) is 24.3 Å². The summed E-state index contributed by atoms with van der Waals surface area (Å²) in [5.41, 5.74) is 2.74. The standard InChI is InChI=1S/C16H27NO2/c1-3-5-15-6-8-16(9-7-15)14(2)17-10-4-12-19-13-11-18/h6-9,14,17-18H,3-5,10-13H2,1-2H3. The molecule has 0 fully saturated rings. The number of aryl methyl sites for hydroxylation is 1. The topological polar surface area (TPSA) is 41.5 Å². The van der Waals surface area contributed by atoms with Gasteiger partial charge in [0, 0.05) is 12.6 Å². The highest BCUT2D eigenvalue weighted by atomic mass is 16.5. The molecule has 0 radical (unpaired) electrons. The van der Waals surface area contributed by atoms with E-state index >= 15 is 0 Å². The van der Waals surface area contributed by atoms with E-state index in [0.29, 0.717) is 19.3 Å². The van der Waals surface area contributed by atoms with Crippen LogP contribution in [0.3, 0.4) is 0 Å². The molecule has 0 saturated heterocycles. The fraction of sp³-hybridized carbons (Fsp3) is 0.625. The van der Waals surface area contributed by atoms with Crippen LogP contribution in [0.25, 0.3) is 0 Å². The minimum Gasteiger partial charge on any atom is -0.394 e. The molecule has 1 aromatic rings. The maximum Gasteiger partial charge on any atom is 0.0697 e. The lowest BCUT2D eigenvalue weighted by Gasteiger charge is -2.14. The first kappa shape index (κ1) is 16.2. The van der Waals surface area contributed by atoms with E-state index in [4.69, 9.17) is 9.84 Å². The molecule has 1 unspecified atom stereocenters. The molecule has 3 nitrogen and oxygen atoms in total. The zero-order valence-electron chi connectivity index (χ0n) is 12.2. The highest BCUT2D eigenvalue weighted by molar-refractivity contribution is 5.24. The lowest BCUT2D eigenvalue weighted by molar-refractivity contribution is 0.0904. The Morgan fingerprint density at radius 2 is 1.95 bits per heavy atom. The summed E-state index contributed by atoms with van der Waals surface area (Å²) < 4.78 is 5.22. The SMILES string of the molecule is CCCc1ccc(C(C)NCCCOCCO)cc1. The molecule has 0 aromatic heterocycles. The monoisotopic (exact) mass is 265 g/mol. The van der Waals surface area contributed by atoms with Gasteiger partial charge < -0.3 is 15.2 Å². The second kappa shape index (κ2) is 9.96. The summed E-state index contributed by atoms with van der Waals surface area (Å²) in [5.74, 6) is 0. The molecule has 19 heavy (non-hydrogen) atoms. The van der Waals surface area contributed by atoms with Crippen molar-refractivity contribution in [1.29, 1.82) is 0 Å². The van der Waals surface area contributed by atoms with Crippen molar-refractivity contribution in [2.75, 3.05) is 26.4 Å². The molecule has 108 valence electrons. The van der Waals surface area contributed by atoms with E-state index in [0.717, 1.165) is 19.4 Å². The first-order valence-corrected chi connectivity index (χ1v) is 7.28. The van der Waals surface area contributed by atoms with Crippen LogP contribution in [0.2, 0.25) is 0 Å². The third-order valence-corrected chi connectivity index (χ3v) is 3.17. The number of aliphatic hydroxyl groups is 1. The van der Waals surface area contributed by atoms with E-state index in [1.165, 1.54) is 17.5 Å². The minimum atomic E-state index is 0.105. The molecular formula is C16H27NO2. The van der Waals surface area contributed by atoms with Crippen LogP contribution < -0.4 is 5.32 Å². The average molecular weight is 265 g/mol. The van der Waals surface area contributed by atoms with Gasteiger partial charge in [-0.2, -0.15) is 0 Å². The van der Waals surface area contributed by atoms with Gasteiger partial charge in [0.25, 0.3) is 0 Å². The van der Waals surface area contributed by atoms with E-state index in [1.807, 2.05) is 0 Å². The number of hydrogen-bond acceptors (Lipinski definition) is 3. The number of nitrogens with one attached hydrogen (secondary N) is 1. The second-order valence-electron chi connectivity index (χ2n) is 4.86. The second-order valence-corrected chi connectivity index (χ2v) is 4.86. The van der Waals surface area contributed by atoms with Gasteiger partial charge in [0.1, 0.15) is 0 Å². The van der Waals surface area contributed by atoms with Crippen LogP contribution in [0.5, 0.6) is 0 Å². The third kappa shape index (κ3) is 6.71. The van der Waals surface area contributed by atoms with Crippen molar-refractivity contribution < 1.29 is 9.84 Å². The summed E-state index contributed by atoms with van der Waals surface area (Å²) in [5, 5.41) is 12.1. The summed E-state index contributed by atoms with van der Waals surface area (Å²) in [6, 6.07) is 9.24. The van der Waals surface area contributed by atoms with Crippen molar-refractivity contribution >= 4 is 0 Å². The third-order valence-electron chi connectivity index (χ3n) is 3.17. The predicted molar refractivity (Wildman–Crippen MR) is 79.4 cm³/mol. The molecule has 0 heterocycles. The van der Waals surface area contributed by atoms with Crippen molar-refractivity contribution in [3.63, 3.8) is 0 Å². The number of rotatable bonds is 10. The zero-order valence-corrected chi connectivity index (χ0v) is 12.2. The predicted octanol–water partition coefficient (Wildman–Crippen LogP) is 2.69. The van der Waals surface area contributed by atoms with Gasteiger partial charge in [-0.25, -0.2) is 0 Å². The molecule has 0 spiro atoms. The lowest BCUT2D eigenvalue weighted by atomic mass is 10.0. The van der Waals surface area contributed by atoms with Crippen molar-refractivity contribution in [3.05, 3.63) is 35.4 Å². The maximum absolute atomic E-state index is 8.58. The Morgan fingerprint density at radius 1 is 1.21 bits per heavy atom. The zero-order chi connectivity index (χ0) is 13.9. The summed E-state index contributed by atoms with van der Waals surface area (Å²) in [6.07, 6.45) is 3.32. The number of aliphatic hydroxyl groups excluding tert-OH is 1. The largest absolute Gasteiger partial charge is 0.394 e. The van der Waals surface area contributed by atoms with Crippen molar-refractivity contribution in [1.82, 2.24) is 5.32 Å². The molecule has 0 saturated carbocycles. The fourth-order valence-electron chi connectivity index (χ4n) is 2.04. The van der Waals surface area contributed by atoms with E-state index in [1.54, 1.807) is 0 Å². The fourth-order valence-corrected chi connectivity index (χ4v) is 2.04. The Hall–Kier alpha value is -0.900. The van der Waals surface area contributed by atoms with E-state index in [-0.39, 0.29) is 6.61 Å². The van der Waals surface area contributed by atoms with Crippen LogP contribution in [0, 0.1) is 0 Å². The summed E-state index contributed by atoms with van der Waals surface area (Å²) >= 11 is 0. The molecule has 0 amide bonds. The van der Waals surface area contributed by atoms with Gasteiger partial charge in [-0.05, 0) is 37.4 Å². The van der Waals surface area contributed by atoms with Crippen LogP contribution in [-0.4, -0.2) is 31.5 Å².